The maximum atomic E-state index is 9.50. The number of pyridine rings is 1. The van der Waals surface area contributed by atoms with Crippen LogP contribution in [-0.4, -0.2) is 32.9 Å². The lowest BCUT2D eigenvalue weighted by molar-refractivity contribution is -0.110. The number of aryl methyl sites for hydroxylation is 1. The number of nitrogen functional groups attached to an aromatic ring is 1. The van der Waals surface area contributed by atoms with Gasteiger partial charge in [0.15, 0.2) is 11.5 Å². The average molecular weight is 397 g/mol. The smallest absolute Gasteiger partial charge is 0.175 e. The molecule has 146 valence electrons. The number of rotatable bonds is 4. The summed E-state index contributed by atoms with van der Waals surface area (Å²) < 4.78 is 2.98. The predicted molar refractivity (Wildman–Crippen MR) is 115 cm³/mol. The number of nitrogens with zero attached hydrogens (tertiary/aromatic N) is 4. The van der Waals surface area contributed by atoms with Crippen molar-refractivity contribution < 1.29 is 4.79 Å². The molecule has 3 N–H and O–H groups in total. The minimum Gasteiger partial charge on any atom is -0.382 e. The van der Waals surface area contributed by atoms with Crippen LogP contribution in [-0.2, 0) is 18.4 Å². The first-order valence-electron chi connectivity index (χ1n) is 9.00. The van der Waals surface area contributed by atoms with Crippen LogP contribution in [0.1, 0.15) is 19.4 Å². The van der Waals surface area contributed by atoms with Gasteiger partial charge in [0.2, 0.25) is 0 Å². The van der Waals surface area contributed by atoms with Crippen molar-refractivity contribution in [3.05, 3.63) is 36.2 Å². The number of carbonyl (C=O) groups excluding carboxylic acids is 1. The van der Waals surface area contributed by atoms with Crippen LogP contribution >= 0.6 is 11.3 Å². The molecule has 0 aliphatic carbocycles. The van der Waals surface area contributed by atoms with Gasteiger partial charge in [0.1, 0.15) is 21.5 Å². The van der Waals surface area contributed by atoms with Gasteiger partial charge < -0.3 is 20.4 Å². The van der Waals surface area contributed by atoms with Crippen LogP contribution < -0.4 is 11.1 Å². The lowest BCUT2D eigenvalue weighted by Gasteiger charge is -2.01. The average Bonchev–Trinajstić information content (AvgIpc) is 3.27. The summed E-state index contributed by atoms with van der Waals surface area (Å²) in [6, 6.07) is 8.37. The number of nitrogens with one attached hydrogen (secondary N) is 1. The van der Waals surface area contributed by atoms with Crippen LogP contribution in [0.3, 0.4) is 0 Å². The Morgan fingerprint density at radius 3 is 2.75 bits per heavy atom. The third-order valence-electron chi connectivity index (χ3n) is 4.06. The van der Waals surface area contributed by atoms with Crippen molar-refractivity contribution in [1.29, 1.82) is 0 Å². The number of imidazole rings is 1. The molecule has 3 aromatic heterocycles. The van der Waals surface area contributed by atoms with E-state index in [2.05, 4.69) is 44.5 Å². The van der Waals surface area contributed by atoms with E-state index in [9.17, 15) is 4.79 Å². The van der Waals surface area contributed by atoms with Gasteiger partial charge in [0.05, 0.1) is 11.8 Å². The van der Waals surface area contributed by atoms with Crippen LogP contribution in [0, 0.1) is 5.92 Å². The Labute approximate surface area is 167 Å². The first-order chi connectivity index (χ1) is 13.4. The minimum atomic E-state index is 0.204. The summed E-state index contributed by atoms with van der Waals surface area (Å²) in [5, 5.41) is 4.11. The van der Waals surface area contributed by atoms with Crippen molar-refractivity contribution in [3.8, 4) is 10.6 Å². The summed E-state index contributed by atoms with van der Waals surface area (Å²) in [6.45, 7) is 4.54. The van der Waals surface area contributed by atoms with Crippen LogP contribution in [0.4, 0.5) is 5.82 Å². The van der Waals surface area contributed by atoms with Gasteiger partial charge in [-0.25, -0.2) is 15.0 Å². The molecule has 0 spiro atoms. The maximum Gasteiger partial charge on any atom is 0.175 e. The number of aromatic nitrogens is 4. The van der Waals surface area contributed by atoms with E-state index in [1.165, 1.54) is 5.56 Å². The first-order valence-corrected chi connectivity index (χ1v) is 9.82. The number of benzene rings is 1. The van der Waals surface area contributed by atoms with Gasteiger partial charge in [-0.15, -0.1) is 11.3 Å². The number of carbonyl (C=O) groups is 1. The van der Waals surface area contributed by atoms with Gasteiger partial charge in [-0.2, -0.15) is 0 Å². The van der Waals surface area contributed by atoms with E-state index in [1.54, 1.807) is 17.7 Å². The van der Waals surface area contributed by atoms with E-state index in [0.29, 0.717) is 11.5 Å². The van der Waals surface area contributed by atoms with E-state index < -0.39 is 0 Å². The zero-order valence-corrected chi connectivity index (χ0v) is 17.2. The summed E-state index contributed by atoms with van der Waals surface area (Å²) in [5.41, 5.74) is 10.7. The Morgan fingerprint density at radius 1 is 1.32 bits per heavy atom. The molecule has 4 aromatic rings. The SMILES string of the molecule is CC(C)C=O.CNCc1cccc(-c2nc3nc(N)c4ncn(C)c4c3s2)c1. The Balaban J connectivity index is 0.000000403. The number of aldehydes is 1. The quantitative estimate of drug-likeness (QED) is 0.513. The molecule has 0 radical (unpaired) electrons. The van der Waals surface area contributed by atoms with Gasteiger partial charge in [-0.05, 0) is 18.7 Å². The molecule has 4 rings (SSSR count). The van der Waals surface area contributed by atoms with Gasteiger partial charge in [0, 0.05) is 25.1 Å². The molecule has 0 fully saturated rings. The zero-order valence-electron chi connectivity index (χ0n) is 16.4. The Bertz CT molecular complexity index is 1110. The molecule has 3 heterocycles. The predicted octanol–water partition coefficient (Wildman–Crippen LogP) is 3.39. The second-order valence-electron chi connectivity index (χ2n) is 6.83. The van der Waals surface area contributed by atoms with Gasteiger partial charge in [-0.3, -0.25) is 0 Å². The Hall–Kier alpha value is -2.84. The molecule has 0 saturated carbocycles. The van der Waals surface area contributed by atoms with Gasteiger partial charge >= 0.3 is 0 Å². The lowest BCUT2D eigenvalue weighted by Crippen LogP contribution is -2.04. The lowest BCUT2D eigenvalue weighted by atomic mass is 10.1. The monoisotopic (exact) mass is 396 g/mol. The molecule has 7 nitrogen and oxygen atoms in total. The molecule has 0 aliphatic heterocycles. The fraction of sp³-hybridized carbons (Fsp3) is 0.300. The van der Waals surface area contributed by atoms with Crippen LogP contribution in [0.2, 0.25) is 0 Å². The number of hydrogen-bond donors (Lipinski definition) is 2. The molecule has 0 aliphatic rings. The summed E-state index contributed by atoms with van der Waals surface area (Å²) in [5.74, 6) is 0.629. The minimum absolute atomic E-state index is 0.204. The summed E-state index contributed by atoms with van der Waals surface area (Å²) in [4.78, 5) is 22.9. The number of anilines is 1. The summed E-state index contributed by atoms with van der Waals surface area (Å²) in [6.07, 6.45) is 2.68. The molecule has 0 amide bonds. The number of thiazole rings is 1. The fourth-order valence-corrected chi connectivity index (χ4v) is 3.83. The number of fused-ring (bicyclic) bond motifs is 3. The highest BCUT2D eigenvalue weighted by Gasteiger charge is 2.16. The standard InChI is InChI=1S/C16H16N6S.C4H8O/c1-18-7-9-4-3-5-10(6-9)16-21-15-13(23-16)12-11(14(17)20-15)19-8-22(12)2;1-4(2)3-5/h3-6,8,18H,7H2,1-2H3,(H2,17,20);3-4H,1-2H3. The van der Waals surface area contributed by atoms with Crippen molar-refractivity contribution >= 4 is 44.8 Å². The molecular weight excluding hydrogens is 372 g/mol. The summed E-state index contributed by atoms with van der Waals surface area (Å²) in [7, 11) is 3.90. The molecule has 28 heavy (non-hydrogen) atoms. The Kier molecular flexibility index (Phi) is 6.01. The summed E-state index contributed by atoms with van der Waals surface area (Å²) >= 11 is 1.62. The van der Waals surface area contributed by atoms with Crippen LogP contribution in [0.5, 0.6) is 0 Å². The molecule has 1 aromatic carbocycles. The maximum absolute atomic E-state index is 9.50. The van der Waals surface area contributed by atoms with Crippen LogP contribution in [0.25, 0.3) is 32.0 Å². The van der Waals surface area contributed by atoms with E-state index >= 15 is 0 Å². The van der Waals surface area contributed by atoms with E-state index in [4.69, 9.17) is 5.73 Å². The van der Waals surface area contributed by atoms with Crippen molar-refractivity contribution in [2.24, 2.45) is 13.0 Å². The molecule has 0 unspecified atom stereocenters. The number of hydrogen-bond acceptors (Lipinski definition) is 7. The van der Waals surface area contributed by atoms with Crippen LogP contribution in [0.15, 0.2) is 30.6 Å². The number of nitrogens with two attached hydrogens (primary N) is 1. The highest BCUT2D eigenvalue weighted by atomic mass is 32.1. The molecule has 8 heteroatoms. The van der Waals surface area contributed by atoms with Crippen molar-refractivity contribution in [2.45, 2.75) is 20.4 Å². The first kappa shape index (κ1) is 19.9. The molecule has 0 saturated heterocycles. The van der Waals surface area contributed by atoms with E-state index in [1.807, 2.05) is 32.5 Å². The molecular formula is C20H24N6OS. The van der Waals surface area contributed by atoms with Crippen molar-refractivity contribution in [2.75, 3.05) is 12.8 Å². The topological polar surface area (TPSA) is 98.7 Å². The second kappa shape index (κ2) is 8.45. The van der Waals surface area contributed by atoms with Crippen molar-refractivity contribution in [3.63, 3.8) is 0 Å². The Morgan fingerprint density at radius 2 is 2.07 bits per heavy atom. The molecule has 0 bridgehead atoms. The van der Waals surface area contributed by atoms with Gasteiger partial charge in [-0.1, -0.05) is 32.0 Å². The second-order valence-corrected chi connectivity index (χ2v) is 7.83. The van der Waals surface area contributed by atoms with Gasteiger partial charge in [0.25, 0.3) is 0 Å². The third-order valence-corrected chi connectivity index (χ3v) is 5.16. The normalized spacial score (nSPS) is 11.0. The highest BCUT2D eigenvalue weighted by molar-refractivity contribution is 7.22. The zero-order chi connectivity index (χ0) is 20.3. The van der Waals surface area contributed by atoms with Crippen molar-refractivity contribution in [1.82, 2.24) is 24.8 Å². The molecule has 0 atom stereocenters. The third kappa shape index (κ3) is 4.02. The van der Waals surface area contributed by atoms with E-state index in [0.717, 1.165) is 39.1 Å². The largest absolute Gasteiger partial charge is 0.382 e. The van der Waals surface area contributed by atoms with E-state index in [-0.39, 0.29) is 5.92 Å². The highest BCUT2D eigenvalue weighted by Crippen LogP contribution is 2.35. The fourth-order valence-electron chi connectivity index (χ4n) is 2.74.